The van der Waals surface area contributed by atoms with Crippen molar-refractivity contribution >= 4 is 5.97 Å². The maximum Gasteiger partial charge on any atom is 0.337 e. The monoisotopic (exact) mass is 254 g/mol. The van der Waals surface area contributed by atoms with Gasteiger partial charge in [-0.2, -0.15) is 0 Å². The van der Waals surface area contributed by atoms with Gasteiger partial charge in [0, 0.05) is 32.0 Å². The maximum absolute atomic E-state index is 10.9. The number of hydrogen-bond donors (Lipinski definition) is 1. The third kappa shape index (κ3) is 2.48. The fourth-order valence-electron chi connectivity index (χ4n) is 2.46. The quantitative estimate of drug-likeness (QED) is 0.913. The molecule has 1 N–H and O–H groups in total. The van der Waals surface area contributed by atoms with E-state index in [-0.39, 0.29) is 5.56 Å². The lowest BCUT2D eigenvalue weighted by Gasteiger charge is -2.14. The molecule has 0 bridgehead atoms. The molecule has 96 valence electrons. The number of carboxylic acid groups (broad SMARTS) is 1. The summed E-state index contributed by atoms with van der Waals surface area (Å²) < 4.78 is 0. The minimum atomic E-state index is -0.931. The molecule has 0 saturated heterocycles. The van der Waals surface area contributed by atoms with Gasteiger partial charge in [-0.1, -0.05) is 24.3 Å². The first-order chi connectivity index (χ1) is 9.22. The van der Waals surface area contributed by atoms with Gasteiger partial charge in [0.05, 0.1) is 5.56 Å². The molecule has 0 aliphatic carbocycles. The van der Waals surface area contributed by atoms with E-state index in [0.717, 1.165) is 25.2 Å². The normalized spacial score (nSPS) is 14.3. The summed E-state index contributed by atoms with van der Waals surface area (Å²) >= 11 is 0. The van der Waals surface area contributed by atoms with Gasteiger partial charge in [0.25, 0.3) is 0 Å². The number of benzene rings is 1. The van der Waals surface area contributed by atoms with E-state index < -0.39 is 5.97 Å². The highest BCUT2D eigenvalue weighted by Crippen LogP contribution is 2.23. The summed E-state index contributed by atoms with van der Waals surface area (Å²) in [5, 5.41) is 8.96. The van der Waals surface area contributed by atoms with E-state index in [9.17, 15) is 4.79 Å². The number of fused-ring (bicyclic) bond motifs is 1. The predicted octanol–water partition coefficient (Wildman–Crippen LogP) is 2.30. The topological polar surface area (TPSA) is 53.4 Å². The summed E-state index contributed by atoms with van der Waals surface area (Å²) in [6.45, 7) is 2.55. The first-order valence-corrected chi connectivity index (χ1v) is 6.19. The molecular formula is C15H14N2O2. The molecule has 1 aromatic heterocycles. The Morgan fingerprint density at radius 2 is 1.89 bits per heavy atom. The summed E-state index contributed by atoms with van der Waals surface area (Å²) in [4.78, 5) is 17.2. The first-order valence-electron chi connectivity index (χ1n) is 6.19. The molecule has 2 aromatic rings. The minimum absolute atomic E-state index is 0.245. The molecule has 0 atom stereocenters. The van der Waals surface area contributed by atoms with Crippen molar-refractivity contribution in [3.8, 4) is 0 Å². The molecule has 0 amide bonds. The summed E-state index contributed by atoms with van der Waals surface area (Å²) in [5.41, 5.74) is 3.89. The van der Waals surface area contributed by atoms with E-state index in [4.69, 9.17) is 5.11 Å². The van der Waals surface area contributed by atoms with Crippen molar-refractivity contribution < 1.29 is 9.90 Å². The van der Waals surface area contributed by atoms with Crippen molar-refractivity contribution in [2.75, 3.05) is 0 Å². The predicted molar refractivity (Wildman–Crippen MR) is 70.6 cm³/mol. The van der Waals surface area contributed by atoms with E-state index in [0.29, 0.717) is 0 Å². The van der Waals surface area contributed by atoms with E-state index in [2.05, 4.69) is 34.1 Å². The fraction of sp³-hybridized carbons (Fsp3) is 0.200. The van der Waals surface area contributed by atoms with Crippen LogP contribution in [0.1, 0.15) is 27.0 Å². The van der Waals surface area contributed by atoms with Gasteiger partial charge in [-0.15, -0.1) is 0 Å². The van der Waals surface area contributed by atoms with Gasteiger partial charge in [0.1, 0.15) is 0 Å². The fourth-order valence-corrected chi connectivity index (χ4v) is 2.46. The van der Waals surface area contributed by atoms with Crippen LogP contribution in [0.3, 0.4) is 0 Å². The molecule has 3 rings (SSSR count). The molecule has 0 spiro atoms. The third-order valence-electron chi connectivity index (χ3n) is 3.35. The Morgan fingerprint density at radius 3 is 2.53 bits per heavy atom. The van der Waals surface area contributed by atoms with E-state index >= 15 is 0 Å². The number of rotatable bonds is 3. The maximum atomic E-state index is 10.9. The zero-order chi connectivity index (χ0) is 13.2. The average Bonchev–Trinajstić information content (AvgIpc) is 2.81. The van der Waals surface area contributed by atoms with Crippen molar-refractivity contribution in [3.63, 3.8) is 0 Å². The minimum Gasteiger partial charge on any atom is -0.478 e. The van der Waals surface area contributed by atoms with Crippen LogP contribution < -0.4 is 0 Å². The SMILES string of the molecule is O=C(O)c1cncc(CN2Cc3ccccc3C2)c1. The standard InChI is InChI=1S/C15H14N2O2/c18-15(19)14-5-11(6-16-7-14)8-17-9-12-3-1-2-4-13(12)10-17/h1-7H,8-10H2,(H,18,19). The first kappa shape index (κ1) is 11.9. The molecule has 2 heterocycles. The Morgan fingerprint density at radius 1 is 1.21 bits per heavy atom. The number of hydrogen-bond acceptors (Lipinski definition) is 3. The lowest BCUT2D eigenvalue weighted by Crippen LogP contribution is -2.16. The summed E-state index contributed by atoms with van der Waals surface area (Å²) in [5.74, 6) is -0.931. The van der Waals surface area contributed by atoms with Crippen LogP contribution in [-0.2, 0) is 19.6 Å². The van der Waals surface area contributed by atoms with Crippen LogP contribution in [0.5, 0.6) is 0 Å². The Labute approximate surface area is 111 Å². The highest BCUT2D eigenvalue weighted by Gasteiger charge is 2.18. The molecule has 0 unspecified atom stereocenters. The van der Waals surface area contributed by atoms with Crippen molar-refractivity contribution in [2.45, 2.75) is 19.6 Å². The molecule has 1 aliphatic rings. The lowest BCUT2D eigenvalue weighted by atomic mass is 10.1. The Kier molecular flexibility index (Phi) is 3.01. The molecule has 0 radical (unpaired) electrons. The smallest absolute Gasteiger partial charge is 0.337 e. The number of aromatic nitrogens is 1. The Bertz CT molecular complexity index is 600. The van der Waals surface area contributed by atoms with Gasteiger partial charge in [-0.3, -0.25) is 9.88 Å². The van der Waals surface area contributed by atoms with Crippen LogP contribution in [0.4, 0.5) is 0 Å². The number of carboxylic acids is 1. The van der Waals surface area contributed by atoms with Crippen LogP contribution in [0.2, 0.25) is 0 Å². The number of carbonyl (C=O) groups is 1. The zero-order valence-corrected chi connectivity index (χ0v) is 10.4. The van der Waals surface area contributed by atoms with Crippen LogP contribution in [0.25, 0.3) is 0 Å². The number of aromatic carboxylic acids is 1. The molecule has 19 heavy (non-hydrogen) atoms. The Hall–Kier alpha value is -2.20. The molecule has 1 aromatic carbocycles. The van der Waals surface area contributed by atoms with E-state index in [1.54, 1.807) is 12.3 Å². The third-order valence-corrected chi connectivity index (χ3v) is 3.35. The van der Waals surface area contributed by atoms with Crippen LogP contribution in [0.15, 0.2) is 42.7 Å². The van der Waals surface area contributed by atoms with Gasteiger partial charge >= 0.3 is 5.97 Å². The van der Waals surface area contributed by atoms with E-state index in [1.807, 2.05) is 0 Å². The molecule has 0 saturated carbocycles. The van der Waals surface area contributed by atoms with Crippen LogP contribution in [-0.4, -0.2) is 21.0 Å². The molecule has 1 aliphatic heterocycles. The summed E-state index contributed by atoms with van der Waals surface area (Å²) in [7, 11) is 0. The second-order valence-corrected chi connectivity index (χ2v) is 4.80. The highest BCUT2D eigenvalue weighted by atomic mass is 16.4. The van der Waals surface area contributed by atoms with Gasteiger partial charge in [0.15, 0.2) is 0 Å². The van der Waals surface area contributed by atoms with Crippen molar-refractivity contribution in [1.29, 1.82) is 0 Å². The van der Waals surface area contributed by atoms with Gasteiger partial charge in [-0.05, 0) is 22.8 Å². The molecule has 4 nitrogen and oxygen atoms in total. The largest absolute Gasteiger partial charge is 0.478 e. The van der Waals surface area contributed by atoms with Crippen LogP contribution in [0, 0.1) is 0 Å². The van der Waals surface area contributed by atoms with Gasteiger partial charge in [-0.25, -0.2) is 4.79 Å². The average molecular weight is 254 g/mol. The van der Waals surface area contributed by atoms with Crippen molar-refractivity contribution in [1.82, 2.24) is 9.88 Å². The summed E-state index contributed by atoms with van der Waals surface area (Å²) in [6.07, 6.45) is 3.11. The zero-order valence-electron chi connectivity index (χ0n) is 10.4. The van der Waals surface area contributed by atoms with Crippen molar-refractivity contribution in [3.05, 3.63) is 65.0 Å². The highest BCUT2D eigenvalue weighted by molar-refractivity contribution is 5.87. The van der Waals surface area contributed by atoms with E-state index in [1.165, 1.54) is 17.3 Å². The van der Waals surface area contributed by atoms with Crippen molar-refractivity contribution in [2.24, 2.45) is 0 Å². The number of pyridine rings is 1. The second kappa shape index (κ2) is 4.82. The number of nitrogens with zero attached hydrogens (tertiary/aromatic N) is 2. The molecule has 4 heteroatoms. The lowest BCUT2D eigenvalue weighted by molar-refractivity contribution is 0.0696. The summed E-state index contributed by atoms with van der Waals surface area (Å²) in [6, 6.07) is 10.1. The second-order valence-electron chi connectivity index (χ2n) is 4.80. The Balaban J connectivity index is 1.74. The van der Waals surface area contributed by atoms with Crippen LogP contribution >= 0.6 is 0 Å². The molecular weight excluding hydrogens is 240 g/mol. The van der Waals surface area contributed by atoms with Gasteiger partial charge < -0.3 is 5.11 Å². The molecule has 0 fully saturated rings. The van der Waals surface area contributed by atoms with Gasteiger partial charge in [0.2, 0.25) is 0 Å².